The molecule has 1 saturated carbocycles. The van der Waals surface area contributed by atoms with Gasteiger partial charge in [0.25, 0.3) is 0 Å². The van der Waals surface area contributed by atoms with E-state index in [4.69, 9.17) is 0 Å². The number of piperidine rings is 1. The quantitative estimate of drug-likeness (QED) is 0.907. The number of carbonyl (C=O) groups is 1. The van der Waals surface area contributed by atoms with Crippen LogP contribution in [0.1, 0.15) is 64.1 Å². The highest BCUT2D eigenvalue weighted by Gasteiger charge is 2.25. The van der Waals surface area contributed by atoms with Gasteiger partial charge < -0.3 is 10.2 Å². The largest absolute Gasteiger partial charge is 0.356 e. The first-order chi connectivity index (χ1) is 11.1. The molecular weight excluding hydrogens is 288 g/mol. The molecular formula is C18H28N4O. The first-order valence-electron chi connectivity index (χ1n) is 8.99. The number of aromatic nitrogens is 2. The molecule has 2 heterocycles. The van der Waals surface area contributed by atoms with Gasteiger partial charge in [-0.25, -0.2) is 9.97 Å². The van der Waals surface area contributed by atoms with E-state index in [1.807, 2.05) is 12.3 Å². The van der Waals surface area contributed by atoms with Crippen LogP contribution in [-0.2, 0) is 4.79 Å². The zero-order valence-electron chi connectivity index (χ0n) is 14.3. The first-order valence-corrected chi connectivity index (χ1v) is 8.99. The average molecular weight is 316 g/mol. The maximum atomic E-state index is 12.0. The van der Waals surface area contributed by atoms with E-state index in [1.54, 1.807) is 0 Å². The lowest BCUT2D eigenvalue weighted by atomic mass is 9.90. The van der Waals surface area contributed by atoms with Crippen molar-refractivity contribution in [2.45, 2.75) is 64.3 Å². The highest BCUT2D eigenvalue weighted by atomic mass is 16.1. The number of anilines is 1. The molecule has 0 atom stereocenters. The topological polar surface area (TPSA) is 58.1 Å². The molecule has 23 heavy (non-hydrogen) atoms. The Balaban J connectivity index is 1.48. The summed E-state index contributed by atoms with van der Waals surface area (Å²) in [6.45, 7) is 6.20. The van der Waals surface area contributed by atoms with E-state index in [9.17, 15) is 4.79 Å². The standard InChI is InChI=1S/C18H28N4O/c1-13(2)18-19-9-6-16(21-18)22-10-7-14(8-11-22)12-17(23)20-15-4-3-5-15/h6,9,13-15H,3-5,7-8,10-12H2,1-2H3,(H,20,23). The van der Waals surface area contributed by atoms with E-state index in [0.717, 1.165) is 50.4 Å². The lowest BCUT2D eigenvalue weighted by molar-refractivity contribution is -0.123. The van der Waals surface area contributed by atoms with Gasteiger partial charge in [0.05, 0.1) is 0 Å². The minimum Gasteiger partial charge on any atom is -0.356 e. The summed E-state index contributed by atoms with van der Waals surface area (Å²) < 4.78 is 0. The van der Waals surface area contributed by atoms with Gasteiger partial charge in [-0.1, -0.05) is 13.8 Å². The molecule has 2 aliphatic rings. The fourth-order valence-electron chi connectivity index (χ4n) is 3.29. The Morgan fingerprint density at radius 1 is 1.30 bits per heavy atom. The van der Waals surface area contributed by atoms with Gasteiger partial charge in [0, 0.05) is 37.7 Å². The van der Waals surface area contributed by atoms with Crippen molar-refractivity contribution in [1.82, 2.24) is 15.3 Å². The third kappa shape index (κ3) is 4.21. The van der Waals surface area contributed by atoms with E-state index in [2.05, 4.69) is 34.0 Å². The number of nitrogens with zero attached hydrogens (tertiary/aromatic N) is 3. The van der Waals surface area contributed by atoms with Gasteiger partial charge in [0.2, 0.25) is 5.91 Å². The molecule has 0 spiro atoms. The maximum absolute atomic E-state index is 12.0. The van der Waals surface area contributed by atoms with Crippen LogP contribution in [0.3, 0.4) is 0 Å². The molecule has 1 aliphatic heterocycles. The molecule has 1 aliphatic carbocycles. The molecule has 5 nitrogen and oxygen atoms in total. The second-order valence-electron chi connectivity index (χ2n) is 7.26. The van der Waals surface area contributed by atoms with Crippen LogP contribution in [0.4, 0.5) is 5.82 Å². The van der Waals surface area contributed by atoms with Crippen molar-refractivity contribution in [3.8, 4) is 0 Å². The summed E-state index contributed by atoms with van der Waals surface area (Å²) in [4.78, 5) is 23.4. The number of hydrogen-bond donors (Lipinski definition) is 1. The molecule has 0 aromatic carbocycles. The lowest BCUT2D eigenvalue weighted by Gasteiger charge is -2.33. The monoisotopic (exact) mass is 316 g/mol. The van der Waals surface area contributed by atoms with Crippen molar-refractivity contribution in [1.29, 1.82) is 0 Å². The van der Waals surface area contributed by atoms with Crippen molar-refractivity contribution in [2.24, 2.45) is 5.92 Å². The Hall–Kier alpha value is -1.65. The summed E-state index contributed by atoms with van der Waals surface area (Å²) in [7, 11) is 0. The maximum Gasteiger partial charge on any atom is 0.220 e. The van der Waals surface area contributed by atoms with Crippen LogP contribution < -0.4 is 10.2 Å². The number of nitrogens with one attached hydrogen (secondary N) is 1. The van der Waals surface area contributed by atoms with Crippen LogP contribution in [0.5, 0.6) is 0 Å². The average Bonchev–Trinajstić information content (AvgIpc) is 2.52. The Bertz CT molecular complexity index is 534. The van der Waals surface area contributed by atoms with Crippen LogP contribution in [0.25, 0.3) is 0 Å². The Morgan fingerprint density at radius 3 is 2.65 bits per heavy atom. The minimum absolute atomic E-state index is 0.247. The molecule has 0 bridgehead atoms. The van der Waals surface area contributed by atoms with E-state index < -0.39 is 0 Å². The van der Waals surface area contributed by atoms with Crippen LogP contribution in [0, 0.1) is 5.92 Å². The molecule has 0 unspecified atom stereocenters. The number of amides is 1. The highest BCUT2D eigenvalue weighted by Crippen LogP contribution is 2.25. The number of hydrogen-bond acceptors (Lipinski definition) is 4. The Kier molecular flexibility index (Phi) is 5.13. The minimum atomic E-state index is 0.247. The van der Waals surface area contributed by atoms with Gasteiger partial charge in [-0.2, -0.15) is 0 Å². The van der Waals surface area contributed by atoms with Gasteiger partial charge >= 0.3 is 0 Å². The SMILES string of the molecule is CC(C)c1nccc(N2CCC(CC(=O)NC3CCC3)CC2)n1. The van der Waals surface area contributed by atoms with Crippen molar-refractivity contribution in [3.05, 3.63) is 18.1 Å². The van der Waals surface area contributed by atoms with Gasteiger partial charge in [-0.3, -0.25) is 4.79 Å². The molecule has 5 heteroatoms. The second-order valence-corrected chi connectivity index (χ2v) is 7.26. The summed E-state index contributed by atoms with van der Waals surface area (Å²) in [5, 5.41) is 3.15. The predicted octanol–water partition coefficient (Wildman–Crippen LogP) is 2.88. The van der Waals surface area contributed by atoms with Crippen LogP contribution in [-0.4, -0.2) is 35.0 Å². The normalized spacial score (nSPS) is 19.7. The molecule has 1 amide bonds. The summed E-state index contributed by atoms with van der Waals surface area (Å²) >= 11 is 0. The van der Waals surface area contributed by atoms with Gasteiger partial charge in [0.15, 0.2) is 0 Å². The molecule has 1 aromatic heterocycles. The lowest BCUT2D eigenvalue weighted by Crippen LogP contribution is -2.41. The summed E-state index contributed by atoms with van der Waals surface area (Å²) in [6, 6.07) is 2.45. The Morgan fingerprint density at radius 2 is 2.04 bits per heavy atom. The smallest absolute Gasteiger partial charge is 0.220 e. The first kappa shape index (κ1) is 16.2. The van der Waals surface area contributed by atoms with Gasteiger partial charge in [-0.15, -0.1) is 0 Å². The molecule has 1 aromatic rings. The fraction of sp³-hybridized carbons (Fsp3) is 0.722. The summed E-state index contributed by atoms with van der Waals surface area (Å²) in [5.74, 6) is 3.04. The van der Waals surface area contributed by atoms with E-state index in [0.29, 0.717) is 24.3 Å². The molecule has 1 saturated heterocycles. The third-order valence-electron chi connectivity index (χ3n) is 5.06. The highest BCUT2D eigenvalue weighted by molar-refractivity contribution is 5.76. The van der Waals surface area contributed by atoms with Gasteiger partial charge in [0.1, 0.15) is 11.6 Å². The summed E-state index contributed by atoms with van der Waals surface area (Å²) in [5.41, 5.74) is 0. The molecule has 2 fully saturated rings. The second kappa shape index (κ2) is 7.28. The molecule has 1 N–H and O–H groups in total. The number of carbonyl (C=O) groups excluding carboxylic acids is 1. The van der Waals surface area contributed by atoms with E-state index in [-0.39, 0.29) is 5.91 Å². The predicted molar refractivity (Wildman–Crippen MR) is 91.5 cm³/mol. The van der Waals surface area contributed by atoms with Crippen molar-refractivity contribution >= 4 is 11.7 Å². The van der Waals surface area contributed by atoms with Crippen molar-refractivity contribution in [3.63, 3.8) is 0 Å². The molecule has 126 valence electrons. The molecule has 0 radical (unpaired) electrons. The number of rotatable bonds is 5. The van der Waals surface area contributed by atoms with E-state index >= 15 is 0 Å². The van der Waals surface area contributed by atoms with Crippen LogP contribution in [0.15, 0.2) is 12.3 Å². The zero-order chi connectivity index (χ0) is 16.2. The van der Waals surface area contributed by atoms with Crippen LogP contribution >= 0.6 is 0 Å². The summed E-state index contributed by atoms with van der Waals surface area (Å²) in [6.07, 6.45) is 8.27. The Labute approximate surface area is 138 Å². The fourth-order valence-corrected chi connectivity index (χ4v) is 3.29. The van der Waals surface area contributed by atoms with Gasteiger partial charge in [-0.05, 0) is 44.1 Å². The van der Waals surface area contributed by atoms with E-state index in [1.165, 1.54) is 6.42 Å². The third-order valence-corrected chi connectivity index (χ3v) is 5.06. The molecule has 3 rings (SSSR count). The zero-order valence-corrected chi connectivity index (χ0v) is 14.3. The van der Waals surface area contributed by atoms with Crippen LogP contribution in [0.2, 0.25) is 0 Å². The van der Waals surface area contributed by atoms with Crippen molar-refractivity contribution < 1.29 is 4.79 Å². The van der Waals surface area contributed by atoms with Crippen molar-refractivity contribution in [2.75, 3.05) is 18.0 Å².